The lowest BCUT2D eigenvalue weighted by Crippen LogP contribution is -2.15. The molecule has 0 spiro atoms. The topological polar surface area (TPSA) is 67.4 Å². The van der Waals surface area contributed by atoms with E-state index in [1.165, 1.54) is 18.2 Å². The monoisotopic (exact) mass is 426 g/mol. The first kappa shape index (κ1) is 21.3. The van der Waals surface area contributed by atoms with Crippen molar-refractivity contribution in [3.63, 3.8) is 0 Å². The standard InChI is InChI=1S/C23H20ClFN2O3/c1-2-11-30-19-8-4-6-16(13-19)23(29)26-17-7-3-5-15(12-17)22(28)27-18-9-10-21(25)20(24)14-18/h3-10,12-14H,2,11H2,1H3,(H,26,29)(H,27,28). The summed E-state index contributed by atoms with van der Waals surface area (Å²) in [6, 6.07) is 17.3. The molecule has 0 unspecified atom stereocenters. The minimum Gasteiger partial charge on any atom is -0.494 e. The Morgan fingerprint density at radius 3 is 2.20 bits per heavy atom. The Bertz CT molecular complexity index is 1070. The number of anilines is 2. The smallest absolute Gasteiger partial charge is 0.255 e. The minimum atomic E-state index is -0.566. The molecule has 0 aliphatic rings. The number of amides is 2. The number of nitrogens with one attached hydrogen (secondary N) is 2. The normalized spacial score (nSPS) is 10.4. The summed E-state index contributed by atoms with van der Waals surface area (Å²) >= 11 is 5.74. The van der Waals surface area contributed by atoms with E-state index < -0.39 is 11.7 Å². The van der Waals surface area contributed by atoms with Crippen molar-refractivity contribution in [2.45, 2.75) is 13.3 Å². The van der Waals surface area contributed by atoms with Gasteiger partial charge in [0.25, 0.3) is 11.8 Å². The Labute approximate surface area is 178 Å². The molecule has 0 aliphatic carbocycles. The highest BCUT2D eigenvalue weighted by Crippen LogP contribution is 2.21. The van der Waals surface area contributed by atoms with Gasteiger partial charge in [0.15, 0.2) is 0 Å². The molecule has 0 saturated heterocycles. The molecule has 0 bridgehead atoms. The zero-order valence-corrected chi connectivity index (χ0v) is 17.0. The van der Waals surface area contributed by atoms with Crippen LogP contribution in [-0.4, -0.2) is 18.4 Å². The van der Waals surface area contributed by atoms with E-state index >= 15 is 0 Å². The van der Waals surface area contributed by atoms with Crippen LogP contribution in [0.25, 0.3) is 0 Å². The Kier molecular flexibility index (Phi) is 7.03. The van der Waals surface area contributed by atoms with Gasteiger partial charge in [0, 0.05) is 22.5 Å². The fraction of sp³-hybridized carbons (Fsp3) is 0.130. The van der Waals surface area contributed by atoms with Crippen molar-refractivity contribution in [1.82, 2.24) is 0 Å². The lowest BCUT2D eigenvalue weighted by molar-refractivity contribution is 0.101. The largest absolute Gasteiger partial charge is 0.494 e. The highest BCUT2D eigenvalue weighted by atomic mass is 35.5. The fourth-order valence-electron chi connectivity index (χ4n) is 2.67. The van der Waals surface area contributed by atoms with Crippen LogP contribution in [0.4, 0.5) is 15.8 Å². The molecule has 0 atom stereocenters. The number of rotatable bonds is 7. The van der Waals surface area contributed by atoms with E-state index in [0.29, 0.717) is 34.9 Å². The second-order valence-corrected chi connectivity index (χ2v) is 6.90. The molecule has 7 heteroatoms. The van der Waals surface area contributed by atoms with Gasteiger partial charge in [0.2, 0.25) is 0 Å². The van der Waals surface area contributed by atoms with Gasteiger partial charge in [-0.3, -0.25) is 9.59 Å². The van der Waals surface area contributed by atoms with Crippen molar-refractivity contribution in [2.24, 2.45) is 0 Å². The molecule has 30 heavy (non-hydrogen) atoms. The van der Waals surface area contributed by atoms with Crippen LogP contribution in [0.5, 0.6) is 5.75 Å². The van der Waals surface area contributed by atoms with E-state index in [4.69, 9.17) is 16.3 Å². The van der Waals surface area contributed by atoms with Crippen molar-refractivity contribution in [3.05, 3.63) is 88.7 Å². The number of ether oxygens (including phenoxy) is 1. The maximum atomic E-state index is 13.3. The van der Waals surface area contributed by atoms with Crippen LogP contribution in [0.15, 0.2) is 66.7 Å². The molecule has 0 fully saturated rings. The molecule has 0 aliphatic heterocycles. The zero-order valence-electron chi connectivity index (χ0n) is 16.2. The molecular formula is C23H20ClFN2O3. The molecule has 154 valence electrons. The molecule has 0 saturated carbocycles. The third-order valence-corrected chi connectivity index (χ3v) is 4.42. The van der Waals surface area contributed by atoms with Crippen LogP contribution in [0.3, 0.4) is 0 Å². The van der Waals surface area contributed by atoms with Crippen LogP contribution in [0.1, 0.15) is 34.1 Å². The van der Waals surface area contributed by atoms with Crippen LogP contribution in [-0.2, 0) is 0 Å². The summed E-state index contributed by atoms with van der Waals surface area (Å²) in [4.78, 5) is 25.1. The maximum absolute atomic E-state index is 13.3. The Hall–Kier alpha value is -3.38. The summed E-state index contributed by atoms with van der Waals surface area (Å²) in [6.07, 6.45) is 0.870. The number of carbonyl (C=O) groups excluding carboxylic acids is 2. The van der Waals surface area contributed by atoms with Gasteiger partial charge in [0.1, 0.15) is 11.6 Å². The van der Waals surface area contributed by atoms with E-state index in [2.05, 4.69) is 10.6 Å². The molecule has 5 nitrogen and oxygen atoms in total. The quantitative estimate of drug-likeness (QED) is 0.503. The molecule has 3 aromatic carbocycles. The van der Waals surface area contributed by atoms with Crippen molar-refractivity contribution in [2.75, 3.05) is 17.2 Å². The molecule has 3 aromatic rings. The third kappa shape index (κ3) is 5.58. The Morgan fingerprint density at radius 2 is 1.53 bits per heavy atom. The van der Waals surface area contributed by atoms with Gasteiger partial charge in [-0.05, 0) is 61.0 Å². The Morgan fingerprint density at radius 1 is 0.900 bits per heavy atom. The SMILES string of the molecule is CCCOc1cccc(C(=O)Nc2cccc(C(=O)Nc3ccc(F)c(Cl)c3)c2)c1. The summed E-state index contributed by atoms with van der Waals surface area (Å²) in [5, 5.41) is 5.33. The summed E-state index contributed by atoms with van der Waals surface area (Å²) in [5.74, 6) is -0.678. The van der Waals surface area contributed by atoms with E-state index in [1.54, 1.807) is 48.5 Å². The average Bonchev–Trinajstić information content (AvgIpc) is 2.75. The van der Waals surface area contributed by atoms with Crippen molar-refractivity contribution < 1.29 is 18.7 Å². The first-order valence-corrected chi connectivity index (χ1v) is 9.74. The number of benzene rings is 3. The van der Waals surface area contributed by atoms with Crippen LogP contribution >= 0.6 is 11.6 Å². The van der Waals surface area contributed by atoms with Gasteiger partial charge in [-0.2, -0.15) is 0 Å². The third-order valence-electron chi connectivity index (χ3n) is 4.13. The van der Waals surface area contributed by atoms with Gasteiger partial charge in [-0.1, -0.05) is 30.7 Å². The predicted molar refractivity (Wildman–Crippen MR) is 116 cm³/mol. The Balaban J connectivity index is 1.69. The van der Waals surface area contributed by atoms with E-state index in [9.17, 15) is 14.0 Å². The second-order valence-electron chi connectivity index (χ2n) is 6.49. The summed E-state index contributed by atoms with van der Waals surface area (Å²) in [6.45, 7) is 2.58. The van der Waals surface area contributed by atoms with Gasteiger partial charge >= 0.3 is 0 Å². The predicted octanol–water partition coefficient (Wildman–Crippen LogP) is 5.77. The maximum Gasteiger partial charge on any atom is 0.255 e. The van der Waals surface area contributed by atoms with E-state index in [-0.39, 0.29) is 10.9 Å². The lowest BCUT2D eigenvalue weighted by atomic mass is 10.1. The van der Waals surface area contributed by atoms with E-state index in [1.807, 2.05) is 6.92 Å². The van der Waals surface area contributed by atoms with Crippen LogP contribution in [0, 0.1) is 5.82 Å². The summed E-state index contributed by atoms with van der Waals surface area (Å²) in [7, 11) is 0. The second kappa shape index (κ2) is 9.89. The first-order valence-electron chi connectivity index (χ1n) is 9.37. The number of carbonyl (C=O) groups is 2. The number of hydrogen-bond acceptors (Lipinski definition) is 3. The van der Waals surface area contributed by atoms with Gasteiger partial charge < -0.3 is 15.4 Å². The zero-order chi connectivity index (χ0) is 21.5. The molecule has 0 heterocycles. The molecule has 0 aromatic heterocycles. The lowest BCUT2D eigenvalue weighted by Gasteiger charge is -2.10. The molecular weight excluding hydrogens is 407 g/mol. The van der Waals surface area contributed by atoms with Gasteiger partial charge in [-0.15, -0.1) is 0 Å². The van der Waals surface area contributed by atoms with Crippen molar-refractivity contribution in [1.29, 1.82) is 0 Å². The highest BCUT2D eigenvalue weighted by molar-refractivity contribution is 6.31. The van der Waals surface area contributed by atoms with Crippen molar-refractivity contribution in [3.8, 4) is 5.75 Å². The fourth-order valence-corrected chi connectivity index (χ4v) is 2.85. The van der Waals surface area contributed by atoms with Crippen LogP contribution < -0.4 is 15.4 Å². The number of hydrogen-bond donors (Lipinski definition) is 2. The van der Waals surface area contributed by atoms with Crippen LogP contribution in [0.2, 0.25) is 5.02 Å². The van der Waals surface area contributed by atoms with E-state index in [0.717, 1.165) is 6.42 Å². The molecule has 2 N–H and O–H groups in total. The highest BCUT2D eigenvalue weighted by Gasteiger charge is 2.11. The van der Waals surface area contributed by atoms with Gasteiger partial charge in [-0.25, -0.2) is 4.39 Å². The number of halogens is 2. The van der Waals surface area contributed by atoms with Crippen molar-refractivity contribution >= 4 is 34.8 Å². The summed E-state index contributed by atoms with van der Waals surface area (Å²) in [5.41, 5.74) is 1.60. The first-order chi connectivity index (χ1) is 14.5. The van der Waals surface area contributed by atoms with Gasteiger partial charge in [0.05, 0.1) is 11.6 Å². The average molecular weight is 427 g/mol. The molecule has 2 amide bonds. The molecule has 3 rings (SSSR count). The molecule has 0 radical (unpaired) electrons. The minimum absolute atomic E-state index is 0.0843. The summed E-state index contributed by atoms with van der Waals surface area (Å²) < 4.78 is 18.8.